The predicted octanol–water partition coefficient (Wildman–Crippen LogP) is 2.11. The summed E-state index contributed by atoms with van der Waals surface area (Å²) in [4.78, 5) is 11.7. The number of ether oxygens (including phenoxy) is 1. The highest BCUT2D eigenvalue weighted by atomic mass is 19.1. The molecule has 0 bridgehead atoms. The summed E-state index contributed by atoms with van der Waals surface area (Å²) < 4.78 is 18.8. The molecule has 1 aromatic rings. The van der Waals surface area contributed by atoms with Gasteiger partial charge in [-0.1, -0.05) is 25.3 Å². The van der Waals surface area contributed by atoms with Crippen LogP contribution in [0.15, 0.2) is 18.2 Å². The van der Waals surface area contributed by atoms with Crippen molar-refractivity contribution < 1.29 is 13.9 Å². The third-order valence-electron chi connectivity index (χ3n) is 3.58. The normalized spacial score (nSPS) is 15.9. The van der Waals surface area contributed by atoms with Gasteiger partial charge in [-0.2, -0.15) is 0 Å². The molecule has 2 rings (SSSR count). The van der Waals surface area contributed by atoms with Crippen LogP contribution in [0.25, 0.3) is 0 Å². The molecule has 110 valence electrons. The fourth-order valence-electron chi connectivity index (χ4n) is 2.45. The summed E-state index contributed by atoms with van der Waals surface area (Å²) in [5, 5.41) is 2.95. The van der Waals surface area contributed by atoms with Gasteiger partial charge in [0.25, 0.3) is 5.91 Å². The molecule has 1 aromatic carbocycles. The quantitative estimate of drug-likeness (QED) is 0.868. The molecule has 5 heteroatoms. The van der Waals surface area contributed by atoms with Crippen molar-refractivity contribution in [3.05, 3.63) is 29.6 Å². The molecule has 1 aliphatic carbocycles. The van der Waals surface area contributed by atoms with Crippen LogP contribution in [0.4, 0.5) is 4.39 Å². The van der Waals surface area contributed by atoms with Gasteiger partial charge in [-0.05, 0) is 18.9 Å². The summed E-state index contributed by atoms with van der Waals surface area (Å²) in [5.74, 6) is -0.212. The average molecular weight is 280 g/mol. The molecule has 0 radical (unpaired) electrons. The minimum absolute atomic E-state index is 0.0854. The van der Waals surface area contributed by atoms with Crippen LogP contribution < -0.4 is 15.8 Å². The Morgan fingerprint density at radius 2 is 2.10 bits per heavy atom. The summed E-state index contributed by atoms with van der Waals surface area (Å²) >= 11 is 0. The third-order valence-corrected chi connectivity index (χ3v) is 3.58. The molecule has 0 aliphatic heterocycles. The highest BCUT2D eigenvalue weighted by molar-refractivity contribution is 5.77. The van der Waals surface area contributed by atoms with Gasteiger partial charge in [0, 0.05) is 24.2 Å². The van der Waals surface area contributed by atoms with E-state index in [-0.39, 0.29) is 25.1 Å². The molecule has 20 heavy (non-hydrogen) atoms. The van der Waals surface area contributed by atoms with Gasteiger partial charge in [0.15, 0.2) is 6.61 Å². The van der Waals surface area contributed by atoms with Crippen molar-refractivity contribution in [1.82, 2.24) is 5.32 Å². The van der Waals surface area contributed by atoms with E-state index in [1.165, 1.54) is 12.5 Å². The van der Waals surface area contributed by atoms with Crippen LogP contribution in [0.5, 0.6) is 5.75 Å². The molecule has 0 atom stereocenters. The largest absolute Gasteiger partial charge is 0.484 e. The molecular weight excluding hydrogens is 259 g/mol. The van der Waals surface area contributed by atoms with Gasteiger partial charge in [-0.3, -0.25) is 4.79 Å². The van der Waals surface area contributed by atoms with Crippen molar-refractivity contribution in [2.24, 2.45) is 5.73 Å². The number of amides is 1. The summed E-state index contributed by atoms with van der Waals surface area (Å²) in [6.45, 7) is 0.0617. The molecule has 0 spiro atoms. The lowest BCUT2D eigenvalue weighted by Gasteiger charge is -2.22. The van der Waals surface area contributed by atoms with Gasteiger partial charge >= 0.3 is 0 Å². The highest BCUT2D eigenvalue weighted by Crippen LogP contribution is 2.18. The molecular formula is C15H21FN2O2. The van der Waals surface area contributed by atoms with Crippen LogP contribution in [0.1, 0.15) is 37.7 Å². The van der Waals surface area contributed by atoms with Crippen LogP contribution in [-0.4, -0.2) is 18.6 Å². The molecule has 1 saturated carbocycles. The van der Waals surface area contributed by atoms with Crippen molar-refractivity contribution in [3.63, 3.8) is 0 Å². The van der Waals surface area contributed by atoms with Gasteiger partial charge in [0.05, 0.1) is 0 Å². The first-order valence-electron chi connectivity index (χ1n) is 7.09. The Balaban J connectivity index is 1.79. The zero-order valence-electron chi connectivity index (χ0n) is 11.5. The maximum atomic E-state index is 13.5. The van der Waals surface area contributed by atoms with Gasteiger partial charge in [0.2, 0.25) is 0 Å². The van der Waals surface area contributed by atoms with E-state index in [9.17, 15) is 9.18 Å². The van der Waals surface area contributed by atoms with E-state index < -0.39 is 5.82 Å². The van der Waals surface area contributed by atoms with Crippen LogP contribution in [-0.2, 0) is 11.3 Å². The molecule has 1 aliphatic rings. The van der Waals surface area contributed by atoms with Gasteiger partial charge in [0.1, 0.15) is 11.6 Å². The first-order chi connectivity index (χ1) is 9.69. The number of halogens is 1. The van der Waals surface area contributed by atoms with Crippen molar-refractivity contribution in [2.75, 3.05) is 6.61 Å². The number of nitrogens with two attached hydrogens (primary N) is 1. The second kappa shape index (κ2) is 7.24. The van der Waals surface area contributed by atoms with E-state index in [1.807, 2.05) is 0 Å². The molecule has 0 saturated heterocycles. The monoisotopic (exact) mass is 280 g/mol. The van der Waals surface area contributed by atoms with Crippen molar-refractivity contribution in [2.45, 2.75) is 44.7 Å². The Kier molecular flexibility index (Phi) is 5.35. The summed E-state index contributed by atoms with van der Waals surface area (Å²) in [7, 11) is 0. The molecule has 0 unspecified atom stereocenters. The van der Waals surface area contributed by atoms with Gasteiger partial charge in [-0.25, -0.2) is 4.39 Å². The molecule has 3 N–H and O–H groups in total. The van der Waals surface area contributed by atoms with E-state index in [0.717, 1.165) is 25.7 Å². The lowest BCUT2D eigenvalue weighted by Crippen LogP contribution is -2.38. The first kappa shape index (κ1) is 14.8. The Labute approximate surface area is 118 Å². The number of hydrogen-bond acceptors (Lipinski definition) is 3. The minimum atomic E-state index is -0.405. The number of nitrogens with one attached hydrogen (secondary N) is 1. The second-order valence-corrected chi connectivity index (χ2v) is 5.15. The zero-order chi connectivity index (χ0) is 14.4. The van der Waals surface area contributed by atoms with Crippen LogP contribution >= 0.6 is 0 Å². The number of rotatable bonds is 5. The maximum absolute atomic E-state index is 13.5. The Morgan fingerprint density at radius 1 is 1.35 bits per heavy atom. The van der Waals surface area contributed by atoms with Crippen molar-refractivity contribution in [3.8, 4) is 5.75 Å². The average Bonchev–Trinajstić information content (AvgIpc) is 2.46. The predicted molar refractivity (Wildman–Crippen MR) is 74.8 cm³/mol. The summed E-state index contributed by atoms with van der Waals surface area (Å²) in [6.07, 6.45) is 5.64. The van der Waals surface area contributed by atoms with E-state index >= 15 is 0 Å². The fourth-order valence-corrected chi connectivity index (χ4v) is 2.45. The first-order valence-corrected chi connectivity index (χ1v) is 7.09. The summed E-state index contributed by atoms with van der Waals surface area (Å²) in [6, 6.07) is 4.72. The lowest BCUT2D eigenvalue weighted by molar-refractivity contribution is -0.124. The van der Waals surface area contributed by atoms with E-state index in [2.05, 4.69) is 5.32 Å². The minimum Gasteiger partial charge on any atom is -0.484 e. The number of benzene rings is 1. The molecule has 4 nitrogen and oxygen atoms in total. The maximum Gasteiger partial charge on any atom is 0.258 e. The number of hydrogen-bond donors (Lipinski definition) is 2. The fraction of sp³-hybridized carbons (Fsp3) is 0.533. The third kappa shape index (κ3) is 4.20. The SMILES string of the molecule is NCc1ccc(OCC(=O)NC2CCCCC2)cc1F. The molecule has 1 fully saturated rings. The van der Waals surface area contributed by atoms with E-state index in [4.69, 9.17) is 10.5 Å². The number of carbonyl (C=O) groups is 1. The Morgan fingerprint density at radius 3 is 2.75 bits per heavy atom. The highest BCUT2D eigenvalue weighted by Gasteiger charge is 2.15. The van der Waals surface area contributed by atoms with Crippen LogP contribution in [0.3, 0.4) is 0 Å². The van der Waals surface area contributed by atoms with Crippen LogP contribution in [0.2, 0.25) is 0 Å². The molecule has 0 aromatic heterocycles. The van der Waals surface area contributed by atoms with Crippen LogP contribution in [0, 0.1) is 5.82 Å². The number of carbonyl (C=O) groups excluding carboxylic acids is 1. The molecule has 0 heterocycles. The standard InChI is InChI=1S/C15H21FN2O2/c16-14-8-13(7-6-11(14)9-17)20-10-15(19)18-12-4-2-1-3-5-12/h6-8,12H,1-5,9-10,17H2,(H,18,19). The van der Waals surface area contributed by atoms with Crippen molar-refractivity contribution >= 4 is 5.91 Å². The van der Waals surface area contributed by atoms with Gasteiger partial charge < -0.3 is 15.8 Å². The molecule has 1 amide bonds. The topological polar surface area (TPSA) is 64.3 Å². The second-order valence-electron chi connectivity index (χ2n) is 5.15. The van der Waals surface area contributed by atoms with E-state index in [0.29, 0.717) is 11.3 Å². The smallest absolute Gasteiger partial charge is 0.258 e. The Hall–Kier alpha value is -1.62. The van der Waals surface area contributed by atoms with Gasteiger partial charge in [-0.15, -0.1) is 0 Å². The lowest BCUT2D eigenvalue weighted by atomic mass is 9.95. The summed E-state index contributed by atoms with van der Waals surface area (Å²) in [5.41, 5.74) is 5.82. The van der Waals surface area contributed by atoms with E-state index in [1.54, 1.807) is 12.1 Å². The van der Waals surface area contributed by atoms with Crippen molar-refractivity contribution in [1.29, 1.82) is 0 Å². The zero-order valence-corrected chi connectivity index (χ0v) is 11.5. The Bertz CT molecular complexity index is 459.